The summed E-state index contributed by atoms with van der Waals surface area (Å²) in [7, 11) is 0. The number of fused-ring (bicyclic) bond motifs is 1. The molecule has 0 amide bonds. The standard InChI is InChI=1S/C21H19N5O6/c1-2-30-21(27)13-3-5-14(6-4-13)24-19-18(26(28)29)20(23-12-22-19)25-15-7-8-16-17(11-15)32-10-9-31-16/h3-8,11-12H,2,9-10H2,1H3,(H2,22,23,24,25). The number of hydrogen-bond acceptors (Lipinski definition) is 10. The molecule has 4 rings (SSSR count). The number of esters is 1. The molecule has 1 aromatic heterocycles. The first-order chi connectivity index (χ1) is 15.5. The van der Waals surface area contributed by atoms with Gasteiger partial charge in [0.25, 0.3) is 0 Å². The smallest absolute Gasteiger partial charge is 0.353 e. The van der Waals surface area contributed by atoms with Gasteiger partial charge in [-0.1, -0.05) is 0 Å². The molecule has 11 nitrogen and oxygen atoms in total. The minimum Gasteiger partial charge on any atom is -0.486 e. The van der Waals surface area contributed by atoms with Gasteiger partial charge in [-0.05, 0) is 43.3 Å². The number of rotatable bonds is 7. The molecule has 0 saturated heterocycles. The zero-order chi connectivity index (χ0) is 22.5. The molecule has 0 radical (unpaired) electrons. The maximum Gasteiger partial charge on any atom is 0.353 e. The van der Waals surface area contributed by atoms with Gasteiger partial charge in [0.05, 0.1) is 17.1 Å². The Morgan fingerprint density at radius 3 is 2.31 bits per heavy atom. The molecular formula is C21H19N5O6. The fourth-order valence-corrected chi connectivity index (χ4v) is 3.03. The third-order valence-electron chi connectivity index (χ3n) is 4.47. The Morgan fingerprint density at radius 1 is 1.03 bits per heavy atom. The van der Waals surface area contributed by atoms with Crippen molar-refractivity contribution in [3.8, 4) is 11.5 Å². The topological polar surface area (TPSA) is 138 Å². The number of nitrogens with zero attached hydrogens (tertiary/aromatic N) is 3. The van der Waals surface area contributed by atoms with E-state index >= 15 is 0 Å². The summed E-state index contributed by atoms with van der Waals surface area (Å²) >= 11 is 0. The Hall–Kier alpha value is -4.41. The van der Waals surface area contributed by atoms with E-state index in [0.29, 0.717) is 41.7 Å². The normalized spacial score (nSPS) is 12.0. The second-order valence-corrected chi connectivity index (χ2v) is 6.58. The van der Waals surface area contributed by atoms with Crippen LogP contribution in [0.4, 0.5) is 28.7 Å². The number of ether oxygens (including phenoxy) is 3. The van der Waals surface area contributed by atoms with Gasteiger partial charge in [-0.25, -0.2) is 14.8 Å². The summed E-state index contributed by atoms with van der Waals surface area (Å²) in [5, 5.41) is 17.6. The highest BCUT2D eigenvalue weighted by Crippen LogP contribution is 2.36. The van der Waals surface area contributed by atoms with Crippen LogP contribution in [-0.2, 0) is 4.74 Å². The Morgan fingerprint density at radius 2 is 1.66 bits per heavy atom. The van der Waals surface area contributed by atoms with E-state index in [2.05, 4.69) is 20.6 Å². The molecule has 0 fully saturated rings. The highest BCUT2D eigenvalue weighted by atomic mass is 16.6. The van der Waals surface area contributed by atoms with Crippen molar-refractivity contribution >= 4 is 34.7 Å². The second-order valence-electron chi connectivity index (χ2n) is 6.58. The van der Waals surface area contributed by atoms with Crippen molar-refractivity contribution < 1.29 is 23.9 Å². The summed E-state index contributed by atoms with van der Waals surface area (Å²) in [6, 6.07) is 11.4. The van der Waals surface area contributed by atoms with Gasteiger partial charge >= 0.3 is 11.7 Å². The summed E-state index contributed by atoms with van der Waals surface area (Å²) in [5.41, 5.74) is 1.08. The largest absolute Gasteiger partial charge is 0.486 e. The molecule has 0 unspecified atom stereocenters. The van der Waals surface area contributed by atoms with E-state index in [1.165, 1.54) is 6.33 Å². The van der Waals surface area contributed by atoms with Crippen LogP contribution in [0.5, 0.6) is 11.5 Å². The highest BCUT2D eigenvalue weighted by Gasteiger charge is 2.24. The lowest BCUT2D eigenvalue weighted by molar-refractivity contribution is -0.383. The Bertz CT molecular complexity index is 1150. The molecule has 0 atom stereocenters. The first-order valence-electron chi connectivity index (χ1n) is 9.75. The molecule has 2 N–H and O–H groups in total. The first kappa shape index (κ1) is 20.8. The van der Waals surface area contributed by atoms with Crippen molar-refractivity contribution in [1.82, 2.24) is 9.97 Å². The molecule has 164 valence electrons. The number of carbonyl (C=O) groups excluding carboxylic acids is 1. The van der Waals surface area contributed by atoms with Crippen molar-refractivity contribution in [2.75, 3.05) is 30.5 Å². The van der Waals surface area contributed by atoms with Crippen LogP contribution in [0.1, 0.15) is 17.3 Å². The number of nitrogens with one attached hydrogen (secondary N) is 2. The maximum atomic E-state index is 11.8. The number of aromatic nitrogens is 2. The molecule has 11 heteroatoms. The predicted molar refractivity (Wildman–Crippen MR) is 115 cm³/mol. The van der Waals surface area contributed by atoms with Gasteiger partial charge in [0.15, 0.2) is 11.5 Å². The third-order valence-corrected chi connectivity index (χ3v) is 4.47. The second kappa shape index (κ2) is 9.16. The van der Waals surface area contributed by atoms with Crippen LogP contribution in [0.25, 0.3) is 0 Å². The van der Waals surface area contributed by atoms with Gasteiger partial charge < -0.3 is 24.8 Å². The van der Waals surface area contributed by atoms with Gasteiger partial charge in [0, 0.05) is 17.4 Å². The van der Waals surface area contributed by atoms with E-state index in [4.69, 9.17) is 14.2 Å². The fraction of sp³-hybridized carbons (Fsp3) is 0.190. The van der Waals surface area contributed by atoms with Gasteiger partial charge in [-0.2, -0.15) is 0 Å². The quantitative estimate of drug-likeness (QED) is 0.319. The Labute approximate surface area is 182 Å². The van der Waals surface area contributed by atoms with E-state index < -0.39 is 10.9 Å². The lowest BCUT2D eigenvalue weighted by Gasteiger charge is -2.19. The SMILES string of the molecule is CCOC(=O)c1ccc(Nc2ncnc(Nc3ccc4c(c3)OCCO4)c2[N+](=O)[O-])cc1. The summed E-state index contributed by atoms with van der Waals surface area (Å²) in [4.78, 5) is 31.1. The molecule has 2 heterocycles. The summed E-state index contributed by atoms with van der Waals surface area (Å²) in [6.45, 7) is 2.88. The average Bonchev–Trinajstić information content (AvgIpc) is 2.79. The molecule has 0 saturated carbocycles. The van der Waals surface area contributed by atoms with Gasteiger partial charge in [0.2, 0.25) is 11.6 Å². The Kier molecular flexibility index (Phi) is 5.97. The minimum atomic E-state index is -0.574. The highest BCUT2D eigenvalue weighted by molar-refractivity contribution is 5.90. The molecular weight excluding hydrogens is 418 g/mol. The number of benzene rings is 2. The van der Waals surface area contributed by atoms with Crippen LogP contribution < -0.4 is 20.1 Å². The monoisotopic (exact) mass is 437 g/mol. The molecule has 32 heavy (non-hydrogen) atoms. The molecule has 0 aliphatic carbocycles. The summed E-state index contributed by atoms with van der Waals surface area (Å²) in [6.07, 6.45) is 1.21. The van der Waals surface area contributed by atoms with Crippen molar-refractivity contribution in [3.63, 3.8) is 0 Å². The van der Waals surface area contributed by atoms with E-state index in [-0.39, 0.29) is 23.9 Å². The van der Waals surface area contributed by atoms with Gasteiger partial charge in [-0.15, -0.1) is 0 Å². The third kappa shape index (κ3) is 4.51. The molecule has 1 aliphatic heterocycles. The molecule has 0 bridgehead atoms. The molecule has 0 spiro atoms. The number of carbonyl (C=O) groups is 1. The van der Waals surface area contributed by atoms with Crippen LogP contribution >= 0.6 is 0 Å². The van der Waals surface area contributed by atoms with Gasteiger partial charge in [0.1, 0.15) is 19.5 Å². The van der Waals surface area contributed by atoms with Crippen molar-refractivity contribution in [2.24, 2.45) is 0 Å². The maximum absolute atomic E-state index is 11.8. The van der Waals surface area contributed by atoms with E-state index in [0.717, 1.165) is 0 Å². The predicted octanol–water partition coefficient (Wildman–Crippen LogP) is 3.82. The van der Waals surface area contributed by atoms with E-state index in [1.54, 1.807) is 49.4 Å². The van der Waals surface area contributed by atoms with Crippen LogP contribution in [0, 0.1) is 10.1 Å². The molecule has 1 aliphatic rings. The van der Waals surface area contributed by atoms with E-state index in [1.807, 2.05) is 0 Å². The van der Waals surface area contributed by atoms with Gasteiger partial charge in [-0.3, -0.25) is 10.1 Å². The van der Waals surface area contributed by atoms with Crippen LogP contribution in [0.15, 0.2) is 48.8 Å². The molecule has 2 aromatic carbocycles. The lowest BCUT2D eigenvalue weighted by atomic mass is 10.2. The number of nitro groups is 1. The zero-order valence-corrected chi connectivity index (χ0v) is 17.0. The summed E-state index contributed by atoms with van der Waals surface area (Å²) < 4.78 is 16.0. The zero-order valence-electron chi connectivity index (χ0n) is 17.0. The van der Waals surface area contributed by atoms with Crippen molar-refractivity contribution in [3.05, 3.63) is 64.5 Å². The lowest BCUT2D eigenvalue weighted by Crippen LogP contribution is -2.15. The average molecular weight is 437 g/mol. The first-order valence-corrected chi connectivity index (χ1v) is 9.75. The van der Waals surface area contributed by atoms with Crippen molar-refractivity contribution in [2.45, 2.75) is 6.92 Å². The minimum absolute atomic E-state index is 0.00562. The van der Waals surface area contributed by atoms with Crippen LogP contribution in [0.2, 0.25) is 0 Å². The summed E-state index contributed by atoms with van der Waals surface area (Å²) in [5.74, 6) is 0.699. The van der Waals surface area contributed by atoms with Crippen LogP contribution in [0.3, 0.4) is 0 Å². The number of anilines is 4. The fourth-order valence-electron chi connectivity index (χ4n) is 3.03. The molecule has 3 aromatic rings. The van der Waals surface area contributed by atoms with Crippen molar-refractivity contribution in [1.29, 1.82) is 0 Å². The Balaban J connectivity index is 1.58. The van der Waals surface area contributed by atoms with Crippen LogP contribution in [-0.4, -0.2) is 40.7 Å². The van der Waals surface area contributed by atoms with E-state index in [9.17, 15) is 14.9 Å². The number of hydrogen-bond donors (Lipinski definition) is 2.